The van der Waals surface area contributed by atoms with Crippen molar-refractivity contribution in [2.24, 2.45) is 0 Å². The van der Waals surface area contributed by atoms with Crippen molar-refractivity contribution in [3.8, 4) is 5.88 Å². The number of carbonyl (C=O) groups excluding carboxylic acids is 1. The summed E-state index contributed by atoms with van der Waals surface area (Å²) < 4.78 is 18.4. The van der Waals surface area contributed by atoms with Crippen LogP contribution in [0.3, 0.4) is 0 Å². The van der Waals surface area contributed by atoms with Crippen molar-refractivity contribution >= 4 is 11.9 Å². The van der Waals surface area contributed by atoms with E-state index in [4.69, 9.17) is 9.84 Å². The quantitative estimate of drug-likeness (QED) is 0.834. The summed E-state index contributed by atoms with van der Waals surface area (Å²) in [4.78, 5) is 28.9. The molecule has 1 amide bonds. The van der Waals surface area contributed by atoms with Gasteiger partial charge < -0.3 is 14.7 Å². The summed E-state index contributed by atoms with van der Waals surface area (Å²) in [6.45, 7) is 3.30. The van der Waals surface area contributed by atoms with E-state index in [1.807, 2.05) is 13.8 Å². The zero-order valence-electron chi connectivity index (χ0n) is 14.0. The van der Waals surface area contributed by atoms with Crippen LogP contribution in [0, 0.1) is 5.82 Å². The maximum atomic E-state index is 13.0. The highest BCUT2D eigenvalue weighted by atomic mass is 19.1. The summed E-state index contributed by atoms with van der Waals surface area (Å²) in [7, 11) is 0. The van der Waals surface area contributed by atoms with Gasteiger partial charge in [0.25, 0.3) is 5.91 Å². The Morgan fingerprint density at radius 1 is 1.20 bits per heavy atom. The van der Waals surface area contributed by atoms with Gasteiger partial charge in [-0.05, 0) is 37.6 Å². The molecular weight excluding hydrogens is 327 g/mol. The second-order valence-corrected chi connectivity index (χ2v) is 5.73. The second kappa shape index (κ2) is 8.23. The highest BCUT2D eigenvalue weighted by Crippen LogP contribution is 2.14. The van der Waals surface area contributed by atoms with E-state index in [0.29, 0.717) is 11.4 Å². The molecule has 0 aliphatic rings. The van der Waals surface area contributed by atoms with E-state index in [2.05, 4.69) is 4.98 Å². The number of pyridine rings is 1. The number of hydrogen-bond acceptors (Lipinski definition) is 4. The molecule has 1 aromatic carbocycles. The van der Waals surface area contributed by atoms with Crippen LogP contribution >= 0.6 is 0 Å². The van der Waals surface area contributed by atoms with Crippen LogP contribution in [0.1, 0.15) is 29.8 Å². The van der Waals surface area contributed by atoms with Gasteiger partial charge in [0, 0.05) is 18.8 Å². The number of hydrogen-bond donors (Lipinski definition) is 1. The molecule has 0 saturated heterocycles. The van der Waals surface area contributed by atoms with Gasteiger partial charge in [-0.3, -0.25) is 9.59 Å². The van der Waals surface area contributed by atoms with E-state index in [0.717, 1.165) is 4.90 Å². The molecule has 2 aromatic rings. The van der Waals surface area contributed by atoms with Crippen molar-refractivity contribution in [3.05, 3.63) is 59.5 Å². The van der Waals surface area contributed by atoms with Crippen LogP contribution in [0.4, 0.5) is 4.39 Å². The van der Waals surface area contributed by atoms with Gasteiger partial charge in [-0.2, -0.15) is 0 Å². The molecule has 2 rings (SSSR count). The average molecular weight is 346 g/mol. The molecule has 6 nitrogen and oxygen atoms in total. The Labute approximate surface area is 144 Å². The predicted octanol–water partition coefficient (Wildman–Crippen LogP) is 2.73. The SMILES string of the molecule is CC(C)Oc1ccc(C(=O)N(CC(=O)O)Cc2ccc(F)cc2)cn1. The number of rotatable bonds is 7. The van der Waals surface area contributed by atoms with E-state index >= 15 is 0 Å². The van der Waals surface area contributed by atoms with Crippen molar-refractivity contribution in [3.63, 3.8) is 0 Å². The molecule has 132 valence electrons. The molecular formula is C18H19FN2O4. The number of benzene rings is 1. The van der Waals surface area contributed by atoms with Crippen molar-refractivity contribution in [2.75, 3.05) is 6.54 Å². The fourth-order valence-electron chi connectivity index (χ4n) is 2.17. The number of nitrogens with zero attached hydrogens (tertiary/aromatic N) is 2. The maximum absolute atomic E-state index is 13.0. The maximum Gasteiger partial charge on any atom is 0.323 e. The van der Waals surface area contributed by atoms with Gasteiger partial charge in [0.15, 0.2) is 0 Å². The van der Waals surface area contributed by atoms with Gasteiger partial charge in [-0.25, -0.2) is 9.37 Å². The molecule has 0 atom stereocenters. The molecule has 7 heteroatoms. The topological polar surface area (TPSA) is 79.7 Å². The highest BCUT2D eigenvalue weighted by Gasteiger charge is 2.19. The molecule has 0 aliphatic heterocycles. The van der Waals surface area contributed by atoms with Crippen LogP contribution in [0.25, 0.3) is 0 Å². The molecule has 1 heterocycles. The Bertz CT molecular complexity index is 730. The largest absolute Gasteiger partial charge is 0.480 e. The number of carboxylic acid groups (broad SMARTS) is 1. The monoisotopic (exact) mass is 346 g/mol. The van der Waals surface area contributed by atoms with E-state index < -0.39 is 24.2 Å². The summed E-state index contributed by atoms with van der Waals surface area (Å²) in [5.74, 6) is -1.63. The first-order valence-corrected chi connectivity index (χ1v) is 7.73. The number of amides is 1. The third kappa shape index (κ3) is 5.56. The van der Waals surface area contributed by atoms with Crippen LogP contribution in [0.15, 0.2) is 42.6 Å². The van der Waals surface area contributed by atoms with E-state index in [9.17, 15) is 14.0 Å². The lowest BCUT2D eigenvalue weighted by Gasteiger charge is -2.21. The van der Waals surface area contributed by atoms with Crippen LogP contribution in [0.2, 0.25) is 0 Å². The van der Waals surface area contributed by atoms with Crippen molar-refractivity contribution in [2.45, 2.75) is 26.5 Å². The Hall–Kier alpha value is -2.96. The standard InChI is InChI=1S/C18H19FN2O4/c1-12(2)25-16-8-5-14(9-20-16)18(24)21(11-17(22)23)10-13-3-6-15(19)7-4-13/h3-9,12H,10-11H2,1-2H3,(H,22,23). The number of aliphatic carboxylic acids is 1. The Morgan fingerprint density at radius 3 is 2.40 bits per heavy atom. The third-order valence-corrected chi connectivity index (χ3v) is 3.24. The lowest BCUT2D eigenvalue weighted by Crippen LogP contribution is -2.35. The van der Waals surface area contributed by atoms with Gasteiger partial charge in [0.2, 0.25) is 5.88 Å². The number of aromatic nitrogens is 1. The van der Waals surface area contributed by atoms with Crippen LogP contribution in [-0.4, -0.2) is 39.5 Å². The smallest absolute Gasteiger partial charge is 0.323 e. The second-order valence-electron chi connectivity index (χ2n) is 5.73. The predicted molar refractivity (Wildman–Crippen MR) is 88.8 cm³/mol. The van der Waals surface area contributed by atoms with Crippen LogP contribution in [-0.2, 0) is 11.3 Å². The van der Waals surface area contributed by atoms with E-state index in [1.54, 1.807) is 6.07 Å². The van der Waals surface area contributed by atoms with Gasteiger partial charge in [-0.15, -0.1) is 0 Å². The van der Waals surface area contributed by atoms with Gasteiger partial charge in [0.1, 0.15) is 12.4 Å². The molecule has 0 spiro atoms. The zero-order valence-corrected chi connectivity index (χ0v) is 14.0. The van der Waals surface area contributed by atoms with E-state index in [1.165, 1.54) is 36.5 Å². The first-order chi connectivity index (χ1) is 11.8. The number of halogens is 1. The van der Waals surface area contributed by atoms with Gasteiger partial charge in [0.05, 0.1) is 11.7 Å². The Kier molecular flexibility index (Phi) is 6.05. The summed E-state index contributed by atoms with van der Waals surface area (Å²) in [5.41, 5.74) is 0.878. The molecule has 25 heavy (non-hydrogen) atoms. The third-order valence-electron chi connectivity index (χ3n) is 3.24. The number of carbonyl (C=O) groups is 2. The summed E-state index contributed by atoms with van der Waals surface area (Å²) in [6.07, 6.45) is 1.30. The number of ether oxygens (including phenoxy) is 1. The van der Waals surface area contributed by atoms with Crippen LogP contribution < -0.4 is 4.74 Å². The van der Waals surface area contributed by atoms with Crippen molar-refractivity contribution in [1.82, 2.24) is 9.88 Å². The fourth-order valence-corrected chi connectivity index (χ4v) is 2.17. The Morgan fingerprint density at radius 2 is 1.88 bits per heavy atom. The molecule has 0 saturated carbocycles. The molecule has 1 N–H and O–H groups in total. The molecule has 0 bridgehead atoms. The highest BCUT2D eigenvalue weighted by molar-refractivity contribution is 5.95. The fraction of sp³-hybridized carbons (Fsp3) is 0.278. The summed E-state index contributed by atoms with van der Waals surface area (Å²) in [5, 5.41) is 9.06. The lowest BCUT2D eigenvalue weighted by atomic mass is 10.2. The minimum absolute atomic E-state index is 0.0453. The number of carboxylic acids is 1. The van der Waals surface area contributed by atoms with Crippen molar-refractivity contribution in [1.29, 1.82) is 0 Å². The van der Waals surface area contributed by atoms with Gasteiger partial charge >= 0.3 is 5.97 Å². The summed E-state index contributed by atoms with van der Waals surface area (Å²) >= 11 is 0. The lowest BCUT2D eigenvalue weighted by molar-refractivity contribution is -0.137. The minimum atomic E-state index is -1.14. The molecule has 0 aliphatic carbocycles. The van der Waals surface area contributed by atoms with Gasteiger partial charge in [-0.1, -0.05) is 12.1 Å². The zero-order chi connectivity index (χ0) is 18.4. The van der Waals surface area contributed by atoms with Crippen molar-refractivity contribution < 1.29 is 23.8 Å². The molecule has 0 unspecified atom stereocenters. The normalized spacial score (nSPS) is 10.6. The summed E-state index contributed by atoms with van der Waals surface area (Å²) in [6, 6.07) is 8.64. The molecule has 0 radical (unpaired) electrons. The molecule has 1 aromatic heterocycles. The van der Waals surface area contributed by atoms with Crippen LogP contribution in [0.5, 0.6) is 5.88 Å². The van der Waals surface area contributed by atoms with E-state index in [-0.39, 0.29) is 18.2 Å². The molecule has 0 fully saturated rings. The Balaban J connectivity index is 2.17. The first-order valence-electron chi connectivity index (χ1n) is 7.73. The first kappa shape index (κ1) is 18.4. The minimum Gasteiger partial charge on any atom is -0.480 e. The average Bonchev–Trinajstić information content (AvgIpc) is 2.55.